The number of aromatic nitrogens is 1. The highest BCUT2D eigenvalue weighted by Gasteiger charge is 2.62. The minimum atomic E-state index is -3.16. The molecule has 280 valence electrons. The van der Waals surface area contributed by atoms with Gasteiger partial charge in [0.2, 0.25) is 0 Å². The second-order valence-electron chi connectivity index (χ2n) is 15.9. The number of nitrogens with zero attached hydrogens (tertiary/aromatic N) is 1. The SMILES string of the molecule is CC(C)[Si]1(C(C)C)OC[C@H]2O[C@@H](n3ccc4ccccc43)[C@H](OC(=O)c3ccccc3NC(=O)OC(C)(C)C)[C@@H](O)[C@@H]2O[Si](C(C)C)(C(C)C)O1. The second-order valence-corrected chi connectivity index (χ2v) is 24.8. The van der Waals surface area contributed by atoms with Crippen molar-refractivity contribution in [3.05, 3.63) is 66.4 Å². The van der Waals surface area contributed by atoms with Crippen molar-refractivity contribution in [1.82, 2.24) is 4.57 Å². The molecule has 1 amide bonds. The third-order valence-corrected chi connectivity index (χ3v) is 20.1. The van der Waals surface area contributed by atoms with Crippen LogP contribution in [0, 0.1) is 0 Å². The quantitative estimate of drug-likeness (QED) is 0.173. The Balaban J connectivity index is 1.58. The van der Waals surface area contributed by atoms with E-state index in [1.807, 2.05) is 41.1 Å². The molecule has 5 atom stereocenters. The van der Waals surface area contributed by atoms with E-state index >= 15 is 0 Å². The van der Waals surface area contributed by atoms with Crippen molar-refractivity contribution in [3.8, 4) is 0 Å². The normalized spacial score (nSPS) is 25.1. The lowest BCUT2D eigenvalue weighted by molar-refractivity contribution is -0.250. The summed E-state index contributed by atoms with van der Waals surface area (Å²) in [5.74, 6) is -0.755. The number of benzene rings is 2. The van der Waals surface area contributed by atoms with E-state index in [1.165, 1.54) is 0 Å². The van der Waals surface area contributed by atoms with Crippen LogP contribution in [-0.2, 0) is 27.2 Å². The lowest BCUT2D eigenvalue weighted by Crippen LogP contribution is -2.69. The summed E-state index contributed by atoms with van der Waals surface area (Å²) in [5, 5.41) is 16.1. The predicted molar refractivity (Wildman–Crippen MR) is 201 cm³/mol. The maximum atomic E-state index is 14.1. The summed E-state index contributed by atoms with van der Waals surface area (Å²) in [4.78, 5) is 26.8. The number of anilines is 1. The molecule has 51 heavy (non-hydrogen) atoms. The van der Waals surface area contributed by atoms with Crippen LogP contribution < -0.4 is 5.32 Å². The lowest BCUT2D eigenvalue weighted by atomic mass is 9.97. The van der Waals surface area contributed by atoms with E-state index in [9.17, 15) is 14.7 Å². The van der Waals surface area contributed by atoms with Gasteiger partial charge in [-0.1, -0.05) is 85.7 Å². The number of amides is 1. The van der Waals surface area contributed by atoms with Gasteiger partial charge < -0.3 is 36.9 Å². The average molecular weight is 741 g/mol. The highest BCUT2D eigenvalue weighted by atomic mass is 28.5. The van der Waals surface area contributed by atoms with Crippen molar-refractivity contribution in [2.45, 2.75) is 135 Å². The second kappa shape index (κ2) is 15.1. The Labute approximate surface area is 304 Å². The van der Waals surface area contributed by atoms with Crippen LogP contribution in [0.25, 0.3) is 10.9 Å². The Bertz CT molecular complexity index is 1670. The maximum Gasteiger partial charge on any atom is 0.412 e. The van der Waals surface area contributed by atoms with Crippen molar-refractivity contribution in [2.24, 2.45) is 0 Å². The maximum absolute atomic E-state index is 14.1. The highest BCUT2D eigenvalue weighted by molar-refractivity contribution is 6.84. The Kier molecular flexibility index (Phi) is 11.6. The largest absolute Gasteiger partial charge is 0.451 e. The van der Waals surface area contributed by atoms with Gasteiger partial charge in [-0.3, -0.25) is 5.32 Å². The Morgan fingerprint density at radius 2 is 1.49 bits per heavy atom. The number of para-hydroxylation sites is 2. The third kappa shape index (κ3) is 7.85. The van der Waals surface area contributed by atoms with Gasteiger partial charge >= 0.3 is 29.2 Å². The van der Waals surface area contributed by atoms with E-state index in [1.54, 1.807) is 45.0 Å². The van der Waals surface area contributed by atoms with Crippen molar-refractivity contribution in [1.29, 1.82) is 0 Å². The van der Waals surface area contributed by atoms with E-state index in [4.69, 9.17) is 27.2 Å². The van der Waals surface area contributed by atoms with Gasteiger partial charge in [0.1, 0.15) is 23.9 Å². The predicted octanol–water partition coefficient (Wildman–Crippen LogP) is 8.43. The fraction of sp³-hybridized carbons (Fsp3) is 0.579. The molecule has 11 nitrogen and oxygen atoms in total. The molecule has 2 aromatic carbocycles. The number of hydrogen-bond donors (Lipinski definition) is 2. The molecule has 2 fully saturated rings. The summed E-state index contributed by atoms with van der Waals surface area (Å²) in [6.07, 6.45) is -3.93. The standard InChI is InChI=1S/C38H56N2O9Si2/c1-23(2)50(24(3)4)44-22-31-33(48-51(49-50,25(5)6)26(7)8)32(41)34(35(45-31)40-21-20-27-16-12-15-19-30(27)40)46-36(42)28-17-13-14-18-29(28)39-37(43)47-38(9,10)11/h12-21,23-26,31-35,41H,22H2,1-11H3,(H,39,43)/t31-,32+,33-,34-,35-/m1/s1. The van der Waals surface area contributed by atoms with Gasteiger partial charge in [-0.15, -0.1) is 0 Å². The summed E-state index contributed by atoms with van der Waals surface area (Å²) < 4.78 is 42.0. The number of fused-ring (bicyclic) bond motifs is 2. The molecule has 3 heterocycles. The number of hydrogen-bond acceptors (Lipinski definition) is 9. The average Bonchev–Trinajstić information content (AvgIpc) is 3.46. The number of ether oxygens (including phenoxy) is 3. The first kappa shape index (κ1) is 39.2. The zero-order chi connectivity index (χ0) is 37.5. The minimum Gasteiger partial charge on any atom is -0.451 e. The van der Waals surface area contributed by atoms with Gasteiger partial charge in [-0.05, 0) is 72.6 Å². The molecule has 2 aliphatic rings. The summed E-state index contributed by atoms with van der Waals surface area (Å²) in [7, 11) is -6.05. The molecule has 1 aromatic heterocycles. The zero-order valence-corrected chi connectivity index (χ0v) is 33.8. The van der Waals surface area contributed by atoms with Gasteiger partial charge in [0.25, 0.3) is 0 Å². The Morgan fingerprint density at radius 1 is 0.882 bits per heavy atom. The molecule has 0 bridgehead atoms. The summed E-state index contributed by atoms with van der Waals surface area (Å²) in [6, 6.07) is 16.3. The van der Waals surface area contributed by atoms with Crippen molar-refractivity contribution < 1.29 is 41.9 Å². The fourth-order valence-corrected chi connectivity index (χ4v) is 18.6. The molecule has 0 spiro atoms. The molecule has 2 N–H and O–H groups in total. The Hall–Kier alpha value is -3.05. The minimum absolute atomic E-state index is 0.00865. The van der Waals surface area contributed by atoms with E-state index < -0.39 is 65.4 Å². The number of nitrogens with one attached hydrogen (secondary N) is 1. The van der Waals surface area contributed by atoms with Crippen LogP contribution in [0.4, 0.5) is 10.5 Å². The molecule has 13 heteroatoms. The van der Waals surface area contributed by atoms with Gasteiger partial charge in [0.05, 0.1) is 23.4 Å². The van der Waals surface area contributed by atoms with Gasteiger partial charge in [-0.25, -0.2) is 9.59 Å². The molecule has 2 aliphatic heterocycles. The fourth-order valence-electron chi connectivity index (χ4n) is 7.38. The van der Waals surface area contributed by atoms with E-state index in [0.717, 1.165) is 10.9 Å². The van der Waals surface area contributed by atoms with Crippen LogP contribution in [0.2, 0.25) is 22.2 Å². The summed E-state index contributed by atoms with van der Waals surface area (Å²) >= 11 is 0. The van der Waals surface area contributed by atoms with Gasteiger partial charge in [-0.2, -0.15) is 0 Å². The molecular formula is C38H56N2O9Si2. The lowest BCUT2D eigenvalue weighted by Gasteiger charge is -2.55. The van der Waals surface area contributed by atoms with Crippen LogP contribution >= 0.6 is 0 Å². The number of aliphatic hydroxyl groups is 1. The number of carbonyl (C=O) groups is 2. The molecular weight excluding hydrogens is 685 g/mol. The molecule has 0 aliphatic carbocycles. The first-order valence-electron chi connectivity index (χ1n) is 18.1. The van der Waals surface area contributed by atoms with Crippen LogP contribution in [0.5, 0.6) is 0 Å². The zero-order valence-electron chi connectivity index (χ0n) is 31.8. The molecule has 5 rings (SSSR count). The Morgan fingerprint density at radius 3 is 2.12 bits per heavy atom. The third-order valence-electron chi connectivity index (χ3n) is 9.90. The number of aliphatic hydroxyl groups excluding tert-OH is 1. The van der Waals surface area contributed by atoms with E-state index in [-0.39, 0.29) is 40.0 Å². The molecule has 0 unspecified atom stereocenters. The van der Waals surface area contributed by atoms with Gasteiger partial charge in [0.15, 0.2) is 12.3 Å². The molecule has 0 saturated carbocycles. The van der Waals surface area contributed by atoms with Crippen LogP contribution in [-0.4, -0.2) is 75.5 Å². The highest BCUT2D eigenvalue weighted by Crippen LogP contribution is 2.48. The number of carbonyl (C=O) groups excluding carboxylic acids is 2. The number of esters is 1. The monoisotopic (exact) mass is 740 g/mol. The van der Waals surface area contributed by atoms with Gasteiger partial charge in [0, 0.05) is 6.20 Å². The van der Waals surface area contributed by atoms with E-state index in [2.05, 4.69) is 60.7 Å². The molecule has 2 saturated heterocycles. The van der Waals surface area contributed by atoms with Crippen molar-refractivity contribution in [2.75, 3.05) is 11.9 Å². The summed E-state index contributed by atoms with van der Waals surface area (Å²) in [6.45, 7) is 22.5. The molecule has 0 radical (unpaired) electrons. The van der Waals surface area contributed by atoms with Crippen molar-refractivity contribution in [3.63, 3.8) is 0 Å². The smallest absolute Gasteiger partial charge is 0.412 e. The first-order valence-corrected chi connectivity index (χ1v) is 22.1. The van der Waals surface area contributed by atoms with Crippen LogP contribution in [0.3, 0.4) is 0 Å². The number of rotatable bonds is 8. The van der Waals surface area contributed by atoms with Crippen LogP contribution in [0.15, 0.2) is 60.8 Å². The molecule has 3 aromatic rings. The first-order chi connectivity index (χ1) is 23.9. The topological polar surface area (TPSA) is 127 Å². The van der Waals surface area contributed by atoms with E-state index in [0.29, 0.717) is 0 Å². The summed E-state index contributed by atoms with van der Waals surface area (Å²) in [5.41, 5.74) is 0.681. The van der Waals surface area contributed by atoms with Crippen LogP contribution in [0.1, 0.15) is 92.7 Å². The van der Waals surface area contributed by atoms with Crippen molar-refractivity contribution >= 4 is 45.8 Å².